The van der Waals surface area contributed by atoms with Crippen LogP contribution >= 0.6 is 7.82 Å². The third-order valence-corrected chi connectivity index (χ3v) is 14.0. The van der Waals surface area contributed by atoms with E-state index in [9.17, 15) is 9.67 Å². The Bertz CT molecular complexity index is 1080. The number of ether oxygens (including phenoxy) is 3. The number of aliphatic hydroxyl groups is 1. The van der Waals surface area contributed by atoms with Gasteiger partial charge < -0.3 is 29.1 Å². The number of hydrogen-bond donors (Lipinski definition) is 3. The number of fused-ring (bicyclic) bond motifs is 5. The molecule has 0 aromatic heterocycles. The second-order valence-corrected chi connectivity index (χ2v) is 18.2. The second kappa shape index (κ2) is 16.4. The van der Waals surface area contributed by atoms with Crippen LogP contribution in [0.15, 0.2) is 11.6 Å². The van der Waals surface area contributed by atoms with Crippen LogP contribution < -0.4 is 0 Å². The van der Waals surface area contributed by atoms with Crippen LogP contribution in [0.25, 0.3) is 0 Å². The van der Waals surface area contributed by atoms with Crippen molar-refractivity contribution >= 4 is 7.82 Å². The van der Waals surface area contributed by atoms with Gasteiger partial charge >= 0.3 is 7.82 Å². The lowest BCUT2D eigenvalue weighted by Crippen LogP contribution is -2.51. The van der Waals surface area contributed by atoms with Crippen LogP contribution in [0.3, 0.4) is 0 Å². The zero-order valence-electron chi connectivity index (χ0n) is 30.1. The van der Waals surface area contributed by atoms with E-state index in [-0.39, 0.29) is 13.0 Å². The van der Waals surface area contributed by atoms with E-state index in [1.165, 1.54) is 64.2 Å². The van der Waals surface area contributed by atoms with Crippen molar-refractivity contribution < 1.29 is 38.2 Å². The third kappa shape index (κ3) is 9.33. The molecule has 5 unspecified atom stereocenters. The van der Waals surface area contributed by atoms with Gasteiger partial charge in [0.15, 0.2) is 6.29 Å². The summed E-state index contributed by atoms with van der Waals surface area (Å²) in [5.41, 5.74) is 2.63. The standard InChI is InChI=1S/C38H67O8P/c1-26(2)11-10-12-27(3)31-15-16-32-30-14-13-28-23-29(17-19-37(28,4)33(30)18-20-38(31,32)5)43-21-8-6-7-9-22-44-36-24-34(39)35(46-36)25-45-47(40,41)42/h13,26-27,29-36,39H,6-12,14-25H2,1-5H3,(H2,40,41,42)/t27?,29-,30?,31?,32?,33?,34-,35+,36-,37-,38+/m0/s1. The highest BCUT2D eigenvalue weighted by atomic mass is 31.2. The van der Waals surface area contributed by atoms with Crippen molar-refractivity contribution in [1.29, 1.82) is 0 Å². The zero-order chi connectivity index (χ0) is 33.8. The summed E-state index contributed by atoms with van der Waals surface area (Å²) < 4.78 is 33.1. The molecule has 272 valence electrons. The quantitative estimate of drug-likeness (QED) is 0.0794. The van der Waals surface area contributed by atoms with E-state index in [0.29, 0.717) is 23.5 Å². The van der Waals surface area contributed by atoms with E-state index in [4.69, 9.17) is 24.0 Å². The SMILES string of the molecule is CC(C)CCCC(C)C1CCC2C3CC=C4C[C@@H](OCCCCCCO[C@@H]5C[C@H](O)[C@@H](COP(=O)(O)O)O5)CC[C@]4(C)C3CC[C@]12C. The maximum atomic E-state index is 10.9. The Balaban J connectivity index is 0.986. The largest absolute Gasteiger partial charge is 0.469 e. The summed E-state index contributed by atoms with van der Waals surface area (Å²) in [7, 11) is -4.59. The molecule has 1 aliphatic heterocycles. The maximum absolute atomic E-state index is 10.9. The van der Waals surface area contributed by atoms with Crippen LogP contribution in [0.1, 0.15) is 137 Å². The topological polar surface area (TPSA) is 115 Å². The minimum Gasteiger partial charge on any atom is -0.390 e. The van der Waals surface area contributed by atoms with Gasteiger partial charge in [0.05, 0.1) is 18.8 Å². The minimum atomic E-state index is -4.59. The van der Waals surface area contributed by atoms with Crippen molar-refractivity contribution in [3.05, 3.63) is 11.6 Å². The zero-order valence-corrected chi connectivity index (χ0v) is 31.0. The molecule has 5 rings (SSSR count). The minimum absolute atomic E-state index is 0.277. The fourth-order valence-electron chi connectivity index (χ4n) is 10.9. The summed E-state index contributed by atoms with van der Waals surface area (Å²) in [5, 5.41) is 10.0. The highest BCUT2D eigenvalue weighted by Crippen LogP contribution is 2.67. The van der Waals surface area contributed by atoms with Gasteiger partial charge in [-0.3, -0.25) is 4.52 Å². The summed E-state index contributed by atoms with van der Waals surface area (Å²) >= 11 is 0. The molecule has 0 spiro atoms. The fraction of sp³-hybridized carbons (Fsp3) is 0.947. The van der Waals surface area contributed by atoms with Crippen molar-refractivity contribution in [2.75, 3.05) is 19.8 Å². The molecular formula is C38H67O8P. The molecule has 0 aromatic rings. The summed E-state index contributed by atoms with van der Waals surface area (Å²) in [6.07, 6.45) is 20.1. The van der Waals surface area contributed by atoms with Crippen LogP contribution in [0.5, 0.6) is 0 Å². The van der Waals surface area contributed by atoms with Crippen molar-refractivity contribution in [2.24, 2.45) is 46.3 Å². The predicted octanol–water partition coefficient (Wildman–Crippen LogP) is 8.58. The Kier molecular flexibility index (Phi) is 13.2. The van der Waals surface area contributed by atoms with Gasteiger partial charge in [-0.15, -0.1) is 0 Å². The number of allylic oxidation sites excluding steroid dienone is 1. The van der Waals surface area contributed by atoms with Crippen molar-refractivity contribution in [3.63, 3.8) is 0 Å². The number of hydrogen-bond acceptors (Lipinski definition) is 6. The van der Waals surface area contributed by atoms with Gasteiger partial charge in [-0.1, -0.05) is 78.4 Å². The number of aliphatic hydroxyl groups excluding tert-OH is 1. The molecular weight excluding hydrogens is 615 g/mol. The predicted molar refractivity (Wildman–Crippen MR) is 184 cm³/mol. The van der Waals surface area contributed by atoms with E-state index >= 15 is 0 Å². The lowest BCUT2D eigenvalue weighted by molar-refractivity contribution is -0.143. The van der Waals surface area contributed by atoms with E-state index < -0.39 is 26.3 Å². The fourth-order valence-corrected chi connectivity index (χ4v) is 11.3. The molecule has 3 saturated carbocycles. The van der Waals surface area contributed by atoms with Crippen LogP contribution in [0.2, 0.25) is 0 Å². The number of phosphoric acid groups is 1. The highest BCUT2D eigenvalue weighted by Gasteiger charge is 2.59. The molecule has 0 amide bonds. The van der Waals surface area contributed by atoms with Crippen LogP contribution in [0.4, 0.5) is 0 Å². The molecule has 4 fully saturated rings. The Labute approximate surface area is 285 Å². The molecule has 4 aliphatic carbocycles. The molecule has 9 heteroatoms. The van der Waals surface area contributed by atoms with Crippen molar-refractivity contribution in [3.8, 4) is 0 Å². The average Bonchev–Trinajstić information content (AvgIpc) is 3.55. The molecule has 8 nitrogen and oxygen atoms in total. The Morgan fingerprint density at radius 3 is 2.40 bits per heavy atom. The van der Waals surface area contributed by atoms with Gasteiger partial charge in [0, 0.05) is 19.6 Å². The van der Waals surface area contributed by atoms with Crippen molar-refractivity contribution in [2.45, 2.75) is 162 Å². The summed E-state index contributed by atoms with van der Waals surface area (Å²) in [4.78, 5) is 17.7. The number of phosphoric ester groups is 1. The van der Waals surface area contributed by atoms with E-state index in [2.05, 4.69) is 45.2 Å². The highest BCUT2D eigenvalue weighted by molar-refractivity contribution is 7.46. The van der Waals surface area contributed by atoms with E-state index in [0.717, 1.165) is 74.2 Å². The van der Waals surface area contributed by atoms with Crippen LogP contribution in [-0.4, -0.2) is 59.3 Å². The first-order chi connectivity index (χ1) is 22.3. The first-order valence-corrected chi connectivity index (χ1v) is 20.8. The molecule has 1 heterocycles. The summed E-state index contributed by atoms with van der Waals surface area (Å²) in [6, 6.07) is 0. The first kappa shape index (κ1) is 37.9. The Morgan fingerprint density at radius 1 is 0.936 bits per heavy atom. The van der Waals surface area contributed by atoms with E-state index in [1.54, 1.807) is 5.57 Å². The number of unbranched alkanes of at least 4 members (excludes halogenated alkanes) is 3. The van der Waals surface area contributed by atoms with Gasteiger partial charge in [-0.2, -0.15) is 0 Å². The number of rotatable bonds is 17. The molecule has 0 radical (unpaired) electrons. The molecule has 1 saturated heterocycles. The van der Waals surface area contributed by atoms with E-state index in [1.807, 2.05) is 0 Å². The van der Waals surface area contributed by atoms with Gasteiger partial charge in [0.2, 0.25) is 0 Å². The summed E-state index contributed by atoms with van der Waals surface area (Å²) in [6.45, 7) is 13.6. The Hall–Kier alpha value is -0.310. The first-order valence-electron chi connectivity index (χ1n) is 19.3. The molecule has 0 aromatic carbocycles. The summed E-state index contributed by atoms with van der Waals surface area (Å²) in [5.74, 6) is 5.27. The Morgan fingerprint density at radius 2 is 1.68 bits per heavy atom. The average molecular weight is 683 g/mol. The molecule has 5 aliphatic rings. The smallest absolute Gasteiger partial charge is 0.390 e. The normalized spacial score (nSPS) is 39.4. The molecule has 11 atom stereocenters. The lowest BCUT2D eigenvalue weighted by atomic mass is 9.47. The second-order valence-electron chi connectivity index (χ2n) is 17.0. The third-order valence-electron chi connectivity index (χ3n) is 13.6. The maximum Gasteiger partial charge on any atom is 0.469 e. The van der Waals surface area contributed by atoms with Gasteiger partial charge in [-0.25, -0.2) is 4.57 Å². The lowest BCUT2D eigenvalue weighted by Gasteiger charge is -2.58. The van der Waals surface area contributed by atoms with Crippen molar-refractivity contribution in [1.82, 2.24) is 0 Å². The van der Waals surface area contributed by atoms with Gasteiger partial charge in [0.1, 0.15) is 6.10 Å². The monoisotopic (exact) mass is 682 g/mol. The van der Waals surface area contributed by atoms with Crippen LogP contribution in [0, 0.1) is 46.3 Å². The van der Waals surface area contributed by atoms with Crippen LogP contribution in [-0.2, 0) is 23.3 Å². The molecule has 3 N–H and O–H groups in total. The molecule has 0 bridgehead atoms. The molecule has 47 heavy (non-hydrogen) atoms. The van der Waals surface area contributed by atoms with Gasteiger partial charge in [-0.05, 0) is 111 Å². The van der Waals surface area contributed by atoms with Gasteiger partial charge in [0.25, 0.3) is 0 Å².